The van der Waals surface area contributed by atoms with Crippen molar-refractivity contribution in [2.75, 3.05) is 19.6 Å². The van der Waals surface area contributed by atoms with E-state index >= 15 is 0 Å². The van der Waals surface area contributed by atoms with E-state index in [0.29, 0.717) is 0 Å². The Kier molecular flexibility index (Phi) is 3.98. The highest BCUT2D eigenvalue weighted by atomic mass is 16.3. The summed E-state index contributed by atoms with van der Waals surface area (Å²) in [6.07, 6.45) is 2.31. The zero-order chi connectivity index (χ0) is 8.97. The summed E-state index contributed by atoms with van der Waals surface area (Å²) in [5, 5.41) is 11.3. The molecule has 3 heteroatoms. The first-order valence-electron chi connectivity index (χ1n) is 4.85. The van der Waals surface area contributed by atoms with Gasteiger partial charge in [0.05, 0.1) is 6.10 Å². The number of β-amino-alcohol motifs (C(OH)–C–C–N with tert-alkyl or cyclic N) is 1. The van der Waals surface area contributed by atoms with Crippen LogP contribution >= 0.6 is 0 Å². The predicted octanol–water partition coefficient (Wildman–Crippen LogP) is 0.604. The molecule has 0 aromatic rings. The van der Waals surface area contributed by atoms with Crippen LogP contribution in [0.4, 0.5) is 0 Å². The minimum Gasteiger partial charge on any atom is -0.392 e. The number of aliphatic hydroxyl groups excluding tert-OH is 1. The molecule has 0 saturated carbocycles. The maximum Gasteiger partial charge on any atom is 0.0653 e. The third-order valence-electron chi connectivity index (χ3n) is 2.23. The quantitative estimate of drug-likeness (QED) is 0.640. The van der Waals surface area contributed by atoms with Crippen molar-refractivity contribution in [1.82, 2.24) is 10.4 Å². The minimum absolute atomic E-state index is 0.234. The van der Waals surface area contributed by atoms with Crippen molar-refractivity contribution in [2.24, 2.45) is 5.92 Å². The number of hydrogen-bond donors (Lipinski definition) is 2. The lowest BCUT2D eigenvalue weighted by Crippen LogP contribution is -2.43. The van der Waals surface area contributed by atoms with E-state index in [2.05, 4.69) is 17.4 Å². The number of aliphatic hydroxyl groups is 1. The second kappa shape index (κ2) is 4.80. The number of nitrogens with one attached hydrogen (secondary N) is 1. The average Bonchev–Trinajstić information content (AvgIpc) is 2.12. The summed E-state index contributed by atoms with van der Waals surface area (Å²) >= 11 is 0. The zero-order valence-electron chi connectivity index (χ0n) is 8.08. The molecule has 1 saturated heterocycles. The van der Waals surface area contributed by atoms with Gasteiger partial charge >= 0.3 is 0 Å². The monoisotopic (exact) mass is 172 g/mol. The standard InChI is InChI=1S/C9H20N2O/c1-8-4-3-5-10-11(6-8)7-9(2)12/h8-10,12H,3-7H2,1-2H3. The third kappa shape index (κ3) is 3.52. The van der Waals surface area contributed by atoms with Crippen molar-refractivity contribution >= 4 is 0 Å². The average molecular weight is 172 g/mol. The van der Waals surface area contributed by atoms with Crippen LogP contribution in [0.25, 0.3) is 0 Å². The number of rotatable bonds is 2. The van der Waals surface area contributed by atoms with Gasteiger partial charge in [-0.1, -0.05) is 6.92 Å². The summed E-state index contributed by atoms with van der Waals surface area (Å²) in [7, 11) is 0. The fraction of sp³-hybridized carbons (Fsp3) is 1.00. The van der Waals surface area contributed by atoms with E-state index in [1.165, 1.54) is 12.8 Å². The van der Waals surface area contributed by atoms with Crippen molar-refractivity contribution < 1.29 is 5.11 Å². The molecule has 1 aliphatic heterocycles. The van der Waals surface area contributed by atoms with E-state index in [1.54, 1.807) is 0 Å². The molecule has 0 aliphatic carbocycles. The molecule has 2 N–H and O–H groups in total. The van der Waals surface area contributed by atoms with E-state index in [4.69, 9.17) is 0 Å². The topological polar surface area (TPSA) is 35.5 Å². The van der Waals surface area contributed by atoms with Crippen LogP contribution in [0.5, 0.6) is 0 Å². The maximum atomic E-state index is 9.20. The predicted molar refractivity (Wildman–Crippen MR) is 49.7 cm³/mol. The first-order chi connectivity index (χ1) is 5.68. The molecule has 1 fully saturated rings. The molecule has 0 amide bonds. The zero-order valence-corrected chi connectivity index (χ0v) is 8.08. The SMILES string of the molecule is CC(O)CN1CC(C)CCCN1. The van der Waals surface area contributed by atoms with Crippen LogP contribution in [0.2, 0.25) is 0 Å². The minimum atomic E-state index is -0.234. The van der Waals surface area contributed by atoms with Crippen molar-refractivity contribution in [2.45, 2.75) is 32.8 Å². The van der Waals surface area contributed by atoms with Gasteiger partial charge in [-0.3, -0.25) is 5.43 Å². The molecule has 0 bridgehead atoms. The van der Waals surface area contributed by atoms with Gasteiger partial charge in [0.15, 0.2) is 0 Å². The Balaban J connectivity index is 2.31. The summed E-state index contributed by atoms with van der Waals surface area (Å²) in [6, 6.07) is 0. The highest BCUT2D eigenvalue weighted by Gasteiger charge is 2.14. The number of hydrogen-bond acceptors (Lipinski definition) is 3. The summed E-state index contributed by atoms with van der Waals surface area (Å²) in [4.78, 5) is 0. The van der Waals surface area contributed by atoms with Crippen LogP contribution in [0, 0.1) is 5.92 Å². The summed E-state index contributed by atoms with van der Waals surface area (Å²) in [5.41, 5.74) is 3.32. The fourth-order valence-corrected chi connectivity index (χ4v) is 1.68. The molecule has 3 nitrogen and oxygen atoms in total. The van der Waals surface area contributed by atoms with Crippen molar-refractivity contribution in [3.63, 3.8) is 0 Å². The van der Waals surface area contributed by atoms with Crippen LogP contribution in [-0.2, 0) is 0 Å². The lowest BCUT2D eigenvalue weighted by atomic mass is 10.1. The molecule has 0 spiro atoms. The van der Waals surface area contributed by atoms with E-state index in [1.807, 2.05) is 6.92 Å². The van der Waals surface area contributed by atoms with E-state index in [-0.39, 0.29) is 6.10 Å². The number of nitrogens with zero attached hydrogens (tertiary/aromatic N) is 1. The third-order valence-corrected chi connectivity index (χ3v) is 2.23. The number of hydrazine groups is 1. The largest absolute Gasteiger partial charge is 0.392 e. The van der Waals surface area contributed by atoms with Crippen LogP contribution in [-0.4, -0.2) is 35.9 Å². The highest BCUT2D eigenvalue weighted by Crippen LogP contribution is 2.10. The van der Waals surface area contributed by atoms with Gasteiger partial charge in [0.2, 0.25) is 0 Å². The molecule has 2 unspecified atom stereocenters. The van der Waals surface area contributed by atoms with Crippen LogP contribution in [0.1, 0.15) is 26.7 Å². The van der Waals surface area contributed by atoms with Gasteiger partial charge in [-0.2, -0.15) is 0 Å². The lowest BCUT2D eigenvalue weighted by Gasteiger charge is -2.23. The van der Waals surface area contributed by atoms with Crippen LogP contribution in [0.3, 0.4) is 0 Å². The van der Waals surface area contributed by atoms with Gasteiger partial charge in [-0.15, -0.1) is 0 Å². The molecular formula is C9H20N2O. The van der Waals surface area contributed by atoms with Gasteiger partial charge in [0, 0.05) is 19.6 Å². The van der Waals surface area contributed by atoms with Gasteiger partial charge in [-0.05, 0) is 25.7 Å². The Hall–Kier alpha value is -0.120. The maximum absolute atomic E-state index is 9.20. The molecule has 1 aliphatic rings. The molecule has 1 rings (SSSR count). The normalized spacial score (nSPS) is 29.8. The van der Waals surface area contributed by atoms with Crippen molar-refractivity contribution in [1.29, 1.82) is 0 Å². The summed E-state index contributed by atoms with van der Waals surface area (Å²) in [6.45, 7) is 6.95. The Morgan fingerprint density at radius 3 is 3.08 bits per heavy atom. The fourth-order valence-electron chi connectivity index (χ4n) is 1.68. The molecule has 72 valence electrons. The molecule has 0 radical (unpaired) electrons. The molecule has 0 aromatic heterocycles. The summed E-state index contributed by atoms with van der Waals surface area (Å²) < 4.78 is 0. The summed E-state index contributed by atoms with van der Waals surface area (Å²) in [5.74, 6) is 0.749. The first-order valence-corrected chi connectivity index (χ1v) is 4.85. The Morgan fingerprint density at radius 1 is 1.67 bits per heavy atom. The van der Waals surface area contributed by atoms with Crippen molar-refractivity contribution in [3.8, 4) is 0 Å². The molecule has 12 heavy (non-hydrogen) atoms. The van der Waals surface area contributed by atoms with Gasteiger partial charge in [0.25, 0.3) is 0 Å². The van der Waals surface area contributed by atoms with Crippen LogP contribution in [0.15, 0.2) is 0 Å². The Bertz CT molecular complexity index is 128. The molecule has 1 heterocycles. The second-order valence-corrected chi connectivity index (χ2v) is 3.91. The molecule has 0 aromatic carbocycles. The smallest absolute Gasteiger partial charge is 0.0653 e. The highest BCUT2D eigenvalue weighted by molar-refractivity contribution is 4.66. The van der Waals surface area contributed by atoms with Gasteiger partial charge < -0.3 is 5.11 Å². The molecular weight excluding hydrogens is 152 g/mol. The Morgan fingerprint density at radius 2 is 2.42 bits per heavy atom. The first kappa shape index (κ1) is 9.96. The van der Waals surface area contributed by atoms with E-state index < -0.39 is 0 Å². The van der Waals surface area contributed by atoms with E-state index in [0.717, 1.165) is 25.6 Å². The van der Waals surface area contributed by atoms with Gasteiger partial charge in [0.1, 0.15) is 0 Å². The van der Waals surface area contributed by atoms with Crippen molar-refractivity contribution in [3.05, 3.63) is 0 Å². The van der Waals surface area contributed by atoms with E-state index in [9.17, 15) is 5.11 Å². The van der Waals surface area contributed by atoms with Crippen LogP contribution < -0.4 is 5.43 Å². The lowest BCUT2D eigenvalue weighted by molar-refractivity contribution is 0.0898. The Labute approximate surface area is 74.7 Å². The second-order valence-electron chi connectivity index (χ2n) is 3.91. The molecule has 2 atom stereocenters. The van der Waals surface area contributed by atoms with Gasteiger partial charge in [-0.25, -0.2) is 5.01 Å².